The maximum Gasteiger partial charge on any atom is 0.0829 e. The van der Waals surface area contributed by atoms with Gasteiger partial charge in [0.1, 0.15) is 0 Å². The number of rotatable bonds is 5. The number of likely N-dealkylation sites (N-methyl/N-ethyl adjacent to an activating group) is 1. The van der Waals surface area contributed by atoms with Gasteiger partial charge in [0.15, 0.2) is 0 Å². The molecule has 112 valence electrons. The van der Waals surface area contributed by atoms with Gasteiger partial charge in [0.2, 0.25) is 0 Å². The number of nitrogens with one attached hydrogen (secondary N) is 1. The Kier molecular flexibility index (Phi) is 4.31. The van der Waals surface area contributed by atoms with E-state index < -0.39 is 0 Å². The average molecular weight is 302 g/mol. The zero-order valence-electron chi connectivity index (χ0n) is 12.8. The van der Waals surface area contributed by atoms with Gasteiger partial charge in [-0.15, -0.1) is 5.10 Å². The summed E-state index contributed by atoms with van der Waals surface area (Å²) in [6.45, 7) is 7.47. The number of nitrogens with zero attached hydrogens (tertiary/aromatic N) is 3. The van der Waals surface area contributed by atoms with Gasteiger partial charge in [0.05, 0.1) is 16.6 Å². The van der Waals surface area contributed by atoms with Gasteiger partial charge >= 0.3 is 0 Å². The monoisotopic (exact) mass is 302 g/mol. The van der Waals surface area contributed by atoms with Crippen molar-refractivity contribution in [2.75, 3.05) is 6.54 Å². The molecule has 5 heteroatoms. The molecule has 2 atom stereocenters. The quantitative estimate of drug-likeness (QED) is 0.919. The molecule has 0 bridgehead atoms. The number of pyridine rings is 1. The molecule has 1 N–H and O–H groups in total. The van der Waals surface area contributed by atoms with Crippen molar-refractivity contribution in [1.82, 2.24) is 19.9 Å². The second-order valence-corrected chi connectivity index (χ2v) is 6.69. The van der Waals surface area contributed by atoms with E-state index >= 15 is 0 Å². The molecule has 2 aromatic rings. The second kappa shape index (κ2) is 6.20. The zero-order chi connectivity index (χ0) is 14.8. The largest absolute Gasteiger partial charge is 0.309 e. The topological polar surface area (TPSA) is 50.7 Å². The van der Waals surface area contributed by atoms with E-state index in [0.29, 0.717) is 11.8 Å². The summed E-state index contributed by atoms with van der Waals surface area (Å²) in [5.41, 5.74) is 3.79. The molecular weight excluding hydrogens is 280 g/mol. The molecule has 0 fully saturated rings. The molecule has 3 rings (SSSR count). The first kappa shape index (κ1) is 14.6. The summed E-state index contributed by atoms with van der Waals surface area (Å²) in [6.07, 6.45) is 4.19. The Morgan fingerprint density at radius 2 is 2.29 bits per heavy atom. The Morgan fingerprint density at radius 3 is 3.05 bits per heavy atom. The highest BCUT2D eigenvalue weighted by Gasteiger charge is 2.34. The number of aryl methyl sites for hydroxylation is 1. The normalized spacial score (nSPS) is 19.0. The lowest BCUT2D eigenvalue weighted by atomic mass is 9.92. The number of hydrogen-bond donors (Lipinski definition) is 1. The van der Waals surface area contributed by atoms with Crippen molar-refractivity contribution >= 4 is 11.5 Å². The summed E-state index contributed by atoms with van der Waals surface area (Å²) >= 11 is 1.54. The van der Waals surface area contributed by atoms with E-state index in [1.54, 1.807) is 0 Å². The van der Waals surface area contributed by atoms with Crippen LogP contribution in [0.5, 0.6) is 0 Å². The van der Waals surface area contributed by atoms with Crippen LogP contribution in [0.15, 0.2) is 18.3 Å². The van der Waals surface area contributed by atoms with E-state index in [1.807, 2.05) is 12.3 Å². The molecule has 1 aliphatic carbocycles. The lowest BCUT2D eigenvalue weighted by Crippen LogP contribution is -2.27. The molecule has 0 spiro atoms. The second-order valence-electron chi connectivity index (χ2n) is 5.91. The maximum absolute atomic E-state index is 4.65. The third kappa shape index (κ3) is 2.72. The highest BCUT2D eigenvalue weighted by atomic mass is 32.1. The SMILES string of the molecule is CCNC(c1snnc1C(C)C)C1CCc2cccnc21. The van der Waals surface area contributed by atoms with Gasteiger partial charge in [-0.05, 0) is 48.5 Å². The van der Waals surface area contributed by atoms with Crippen molar-refractivity contribution in [2.24, 2.45) is 0 Å². The molecule has 2 heterocycles. The van der Waals surface area contributed by atoms with Crippen molar-refractivity contribution < 1.29 is 0 Å². The predicted molar refractivity (Wildman–Crippen MR) is 85.7 cm³/mol. The van der Waals surface area contributed by atoms with E-state index in [0.717, 1.165) is 25.1 Å². The summed E-state index contributed by atoms with van der Waals surface area (Å²) in [7, 11) is 0. The molecule has 2 unspecified atom stereocenters. The van der Waals surface area contributed by atoms with E-state index in [1.165, 1.54) is 27.7 Å². The van der Waals surface area contributed by atoms with Crippen molar-refractivity contribution in [3.63, 3.8) is 0 Å². The van der Waals surface area contributed by atoms with Gasteiger partial charge in [0.25, 0.3) is 0 Å². The molecular formula is C16H22N4S. The predicted octanol–water partition coefficient (Wildman–Crippen LogP) is 3.44. The Labute approximate surface area is 130 Å². The van der Waals surface area contributed by atoms with E-state index in [2.05, 4.69) is 46.7 Å². The molecule has 4 nitrogen and oxygen atoms in total. The van der Waals surface area contributed by atoms with Crippen LogP contribution in [0.4, 0.5) is 0 Å². The number of fused-ring (bicyclic) bond motifs is 1. The molecule has 0 saturated heterocycles. The fourth-order valence-electron chi connectivity index (χ4n) is 3.23. The summed E-state index contributed by atoms with van der Waals surface area (Å²) < 4.78 is 4.21. The van der Waals surface area contributed by atoms with Gasteiger partial charge in [0, 0.05) is 17.8 Å². The van der Waals surface area contributed by atoms with Crippen molar-refractivity contribution in [1.29, 1.82) is 0 Å². The Balaban J connectivity index is 1.98. The average Bonchev–Trinajstić information content (AvgIpc) is 3.12. The third-order valence-electron chi connectivity index (χ3n) is 4.20. The molecule has 0 aromatic carbocycles. The van der Waals surface area contributed by atoms with Crippen LogP contribution in [0.2, 0.25) is 0 Å². The van der Waals surface area contributed by atoms with Crippen LogP contribution < -0.4 is 5.32 Å². The molecule has 2 aromatic heterocycles. The van der Waals surface area contributed by atoms with Gasteiger partial charge in [-0.2, -0.15) is 0 Å². The minimum atomic E-state index is 0.281. The Morgan fingerprint density at radius 1 is 1.43 bits per heavy atom. The van der Waals surface area contributed by atoms with Crippen LogP contribution in [-0.4, -0.2) is 21.1 Å². The first-order valence-corrected chi connectivity index (χ1v) is 8.49. The highest BCUT2D eigenvalue weighted by molar-refractivity contribution is 7.05. The van der Waals surface area contributed by atoms with E-state index in [9.17, 15) is 0 Å². The van der Waals surface area contributed by atoms with Gasteiger partial charge < -0.3 is 5.32 Å². The van der Waals surface area contributed by atoms with Crippen LogP contribution in [0.1, 0.15) is 66.9 Å². The lowest BCUT2D eigenvalue weighted by Gasteiger charge is -2.24. The minimum absolute atomic E-state index is 0.281. The first-order chi connectivity index (χ1) is 10.2. The van der Waals surface area contributed by atoms with Crippen LogP contribution in [-0.2, 0) is 6.42 Å². The molecule has 0 aliphatic heterocycles. The van der Waals surface area contributed by atoms with Crippen LogP contribution in [0.3, 0.4) is 0 Å². The number of aromatic nitrogens is 3. The van der Waals surface area contributed by atoms with Crippen LogP contribution >= 0.6 is 11.5 Å². The van der Waals surface area contributed by atoms with Crippen molar-refractivity contribution in [3.8, 4) is 0 Å². The minimum Gasteiger partial charge on any atom is -0.309 e. The zero-order valence-corrected chi connectivity index (χ0v) is 13.7. The third-order valence-corrected chi connectivity index (χ3v) is 5.02. The van der Waals surface area contributed by atoms with E-state index in [4.69, 9.17) is 0 Å². The maximum atomic E-state index is 4.65. The van der Waals surface area contributed by atoms with Crippen LogP contribution in [0, 0.1) is 0 Å². The number of hydrogen-bond acceptors (Lipinski definition) is 5. The van der Waals surface area contributed by atoms with Gasteiger partial charge in [-0.1, -0.05) is 31.3 Å². The summed E-state index contributed by atoms with van der Waals surface area (Å²) in [6, 6.07) is 4.53. The molecule has 0 saturated carbocycles. The first-order valence-electron chi connectivity index (χ1n) is 7.71. The fourth-order valence-corrected chi connectivity index (χ4v) is 4.17. The van der Waals surface area contributed by atoms with Gasteiger partial charge in [-0.3, -0.25) is 4.98 Å². The van der Waals surface area contributed by atoms with E-state index in [-0.39, 0.29) is 6.04 Å². The Bertz CT molecular complexity index is 608. The van der Waals surface area contributed by atoms with Crippen LogP contribution in [0.25, 0.3) is 0 Å². The van der Waals surface area contributed by atoms with Crippen molar-refractivity contribution in [3.05, 3.63) is 40.2 Å². The highest BCUT2D eigenvalue weighted by Crippen LogP contribution is 2.42. The molecule has 1 aliphatic rings. The fraction of sp³-hybridized carbons (Fsp3) is 0.562. The summed E-state index contributed by atoms with van der Waals surface area (Å²) in [4.78, 5) is 5.94. The summed E-state index contributed by atoms with van der Waals surface area (Å²) in [5.74, 6) is 0.838. The smallest absolute Gasteiger partial charge is 0.0829 e. The lowest BCUT2D eigenvalue weighted by molar-refractivity contribution is 0.448. The summed E-state index contributed by atoms with van der Waals surface area (Å²) in [5, 5.41) is 8.01. The van der Waals surface area contributed by atoms with Gasteiger partial charge in [-0.25, -0.2) is 0 Å². The standard InChI is InChI=1S/C16H22N4S/c1-4-17-15(16-13(10(2)3)19-20-21-16)12-8-7-11-6-5-9-18-14(11)12/h5-6,9-10,12,15,17H,4,7-8H2,1-3H3. The molecule has 0 radical (unpaired) electrons. The molecule has 0 amide bonds. The molecule has 21 heavy (non-hydrogen) atoms. The van der Waals surface area contributed by atoms with Crippen molar-refractivity contribution in [2.45, 2.75) is 51.5 Å². The Hall–Kier alpha value is -1.33.